The Morgan fingerprint density at radius 3 is 1.80 bits per heavy atom. The Hall–Kier alpha value is -3.64. The lowest BCUT2D eigenvalue weighted by Gasteiger charge is -2.16. The normalized spacial score (nSPS) is 13.0. The molecule has 0 bridgehead atoms. The third-order valence-corrected chi connectivity index (χ3v) is 5.95. The molecule has 0 heterocycles. The minimum atomic E-state index is -0.505. The molecule has 6 nitrogen and oxygen atoms in total. The maximum absolute atomic E-state index is 12.4. The second-order valence-electron chi connectivity index (χ2n) is 9.39. The van der Waals surface area contributed by atoms with Crippen molar-refractivity contribution in [2.75, 3.05) is 19.7 Å². The summed E-state index contributed by atoms with van der Waals surface area (Å²) < 4.78 is 5.75. The molecule has 1 aromatic rings. The largest absolute Gasteiger partial charge is 0.507 e. The zero-order valence-corrected chi connectivity index (χ0v) is 25.0. The predicted octanol–water partition coefficient (Wildman–Crippen LogP) is 7.51. The third-order valence-electron chi connectivity index (χ3n) is 5.95. The number of amides is 2. The van der Waals surface area contributed by atoms with Crippen LogP contribution in [0.15, 0.2) is 97.2 Å². The van der Waals surface area contributed by atoms with Crippen molar-refractivity contribution < 1.29 is 19.4 Å². The number of allylic oxidation sites excluding steroid dienone is 12. The molecule has 0 aliphatic heterocycles. The Morgan fingerprint density at radius 2 is 1.27 bits per heavy atom. The van der Waals surface area contributed by atoms with Gasteiger partial charge in [-0.2, -0.15) is 0 Å². The molecular formula is C35H50N2O4. The Balaban J connectivity index is 2.05. The Morgan fingerprint density at radius 1 is 0.756 bits per heavy atom. The summed E-state index contributed by atoms with van der Waals surface area (Å²) in [6.45, 7) is 5.13. The third kappa shape index (κ3) is 19.1. The standard InChI is InChI=1S/C35H50N2O4/c1-3-5-6-7-8-9-10-11-12-13-14-15-16-17-18-19-20-21-22-25-30-41-33(4-2)35(40)37-29-28-36-34(39)31-26-23-24-27-32(31)38/h5-6,8-9,11-12,14-15,17-18,20-21,23-24,26-27,33,38H,3-4,7,10,13,16,19,22,25,28-30H2,1-2H3,(H,36,39)(H,37,40). The van der Waals surface area contributed by atoms with E-state index in [1.807, 2.05) is 6.92 Å². The maximum Gasteiger partial charge on any atom is 0.255 e. The highest BCUT2D eigenvalue weighted by Gasteiger charge is 2.16. The van der Waals surface area contributed by atoms with Gasteiger partial charge in [-0.25, -0.2) is 0 Å². The van der Waals surface area contributed by atoms with Gasteiger partial charge in [0.05, 0.1) is 5.56 Å². The summed E-state index contributed by atoms with van der Waals surface area (Å²) in [4.78, 5) is 24.4. The fourth-order valence-electron chi connectivity index (χ4n) is 3.68. The summed E-state index contributed by atoms with van der Waals surface area (Å²) in [6.07, 6.45) is 34.0. The average molecular weight is 563 g/mol. The molecular weight excluding hydrogens is 512 g/mol. The minimum absolute atomic E-state index is 0.0718. The van der Waals surface area contributed by atoms with Crippen molar-refractivity contribution in [1.82, 2.24) is 10.6 Å². The van der Waals surface area contributed by atoms with Crippen LogP contribution in [-0.4, -0.2) is 42.7 Å². The lowest BCUT2D eigenvalue weighted by Crippen LogP contribution is -2.40. The van der Waals surface area contributed by atoms with E-state index in [0.29, 0.717) is 13.0 Å². The zero-order valence-electron chi connectivity index (χ0n) is 25.0. The molecule has 41 heavy (non-hydrogen) atoms. The summed E-state index contributed by atoms with van der Waals surface area (Å²) in [5, 5.41) is 15.2. The van der Waals surface area contributed by atoms with E-state index in [0.717, 1.165) is 51.4 Å². The predicted molar refractivity (Wildman–Crippen MR) is 171 cm³/mol. The van der Waals surface area contributed by atoms with Gasteiger partial charge in [0.2, 0.25) is 5.91 Å². The molecule has 3 N–H and O–H groups in total. The molecule has 0 fully saturated rings. The molecule has 0 spiro atoms. The van der Waals surface area contributed by atoms with Crippen molar-refractivity contribution in [1.29, 1.82) is 0 Å². The monoisotopic (exact) mass is 562 g/mol. The average Bonchev–Trinajstić information content (AvgIpc) is 2.98. The summed E-state index contributed by atoms with van der Waals surface area (Å²) in [7, 11) is 0. The number of nitrogens with one attached hydrogen (secondary N) is 2. The van der Waals surface area contributed by atoms with Crippen LogP contribution in [0.1, 0.15) is 82.0 Å². The molecule has 0 radical (unpaired) electrons. The Labute approximate surface area is 247 Å². The minimum Gasteiger partial charge on any atom is -0.507 e. The number of hydrogen-bond donors (Lipinski definition) is 3. The van der Waals surface area contributed by atoms with E-state index < -0.39 is 6.10 Å². The number of aromatic hydroxyl groups is 1. The number of rotatable bonds is 22. The van der Waals surface area contributed by atoms with Crippen LogP contribution in [-0.2, 0) is 9.53 Å². The van der Waals surface area contributed by atoms with Crippen molar-refractivity contribution >= 4 is 11.8 Å². The molecule has 6 heteroatoms. The van der Waals surface area contributed by atoms with E-state index >= 15 is 0 Å². The van der Waals surface area contributed by atoms with E-state index in [1.54, 1.807) is 18.2 Å². The first-order valence-electron chi connectivity index (χ1n) is 15.0. The number of phenolic OH excluding ortho intramolecular Hbond substituents is 1. The van der Waals surface area contributed by atoms with E-state index in [2.05, 4.69) is 90.5 Å². The quantitative estimate of drug-likeness (QED) is 0.101. The summed E-state index contributed by atoms with van der Waals surface area (Å²) in [5.74, 6) is -0.634. The Bertz CT molecular complexity index is 1020. The van der Waals surface area contributed by atoms with Crippen molar-refractivity contribution in [3.8, 4) is 5.75 Å². The molecule has 1 unspecified atom stereocenters. The molecule has 0 aliphatic rings. The van der Waals surface area contributed by atoms with Crippen LogP contribution in [0.5, 0.6) is 5.75 Å². The maximum atomic E-state index is 12.4. The first-order valence-corrected chi connectivity index (χ1v) is 15.0. The number of benzene rings is 1. The first kappa shape index (κ1) is 35.4. The van der Waals surface area contributed by atoms with Gasteiger partial charge in [0.25, 0.3) is 5.91 Å². The van der Waals surface area contributed by atoms with Crippen LogP contribution in [0, 0.1) is 0 Å². The van der Waals surface area contributed by atoms with Gasteiger partial charge >= 0.3 is 0 Å². The number of carbonyl (C=O) groups excluding carboxylic acids is 2. The molecule has 1 atom stereocenters. The van der Waals surface area contributed by atoms with Gasteiger partial charge in [-0.15, -0.1) is 0 Å². The van der Waals surface area contributed by atoms with Crippen molar-refractivity contribution in [3.05, 3.63) is 103 Å². The fraction of sp³-hybridized carbons (Fsp3) is 0.429. The lowest BCUT2D eigenvalue weighted by atomic mass is 10.2. The van der Waals surface area contributed by atoms with Gasteiger partial charge in [0, 0.05) is 19.7 Å². The SMILES string of the molecule is CCC=CCC=CCC=CCC=CCC=CCC=CCCCOC(CC)C(=O)NCCNC(=O)c1ccccc1O. The van der Waals surface area contributed by atoms with E-state index in [-0.39, 0.29) is 36.2 Å². The molecule has 0 saturated carbocycles. The van der Waals surface area contributed by atoms with Gasteiger partial charge < -0.3 is 20.5 Å². The van der Waals surface area contributed by atoms with E-state index in [9.17, 15) is 14.7 Å². The van der Waals surface area contributed by atoms with Gasteiger partial charge in [-0.3, -0.25) is 9.59 Å². The number of ether oxygens (including phenoxy) is 1. The molecule has 0 aliphatic carbocycles. The number of hydrogen-bond acceptors (Lipinski definition) is 4. The number of para-hydroxylation sites is 1. The van der Waals surface area contributed by atoms with Crippen molar-refractivity contribution in [2.24, 2.45) is 0 Å². The van der Waals surface area contributed by atoms with Crippen LogP contribution in [0.2, 0.25) is 0 Å². The smallest absolute Gasteiger partial charge is 0.255 e. The summed E-state index contributed by atoms with van der Waals surface area (Å²) in [6, 6.07) is 6.34. The second-order valence-corrected chi connectivity index (χ2v) is 9.39. The molecule has 2 amide bonds. The second kappa shape index (κ2) is 25.3. The number of unbranched alkanes of at least 4 members (excludes halogenated alkanes) is 1. The van der Waals surface area contributed by atoms with E-state index in [4.69, 9.17) is 4.74 Å². The molecule has 0 aromatic heterocycles. The van der Waals surface area contributed by atoms with Gasteiger partial charge in [0.1, 0.15) is 11.9 Å². The fourth-order valence-corrected chi connectivity index (χ4v) is 3.68. The van der Waals surface area contributed by atoms with Crippen molar-refractivity contribution in [3.63, 3.8) is 0 Å². The molecule has 224 valence electrons. The van der Waals surface area contributed by atoms with Gasteiger partial charge in [-0.1, -0.05) is 98.9 Å². The zero-order chi connectivity index (χ0) is 29.8. The number of phenols is 1. The molecule has 1 rings (SSSR count). The van der Waals surface area contributed by atoms with Crippen LogP contribution in [0.4, 0.5) is 0 Å². The molecule has 1 aromatic carbocycles. The highest BCUT2D eigenvalue weighted by atomic mass is 16.5. The number of carbonyl (C=O) groups is 2. The highest BCUT2D eigenvalue weighted by molar-refractivity contribution is 5.96. The topological polar surface area (TPSA) is 87.7 Å². The van der Waals surface area contributed by atoms with Gasteiger partial charge in [0.15, 0.2) is 0 Å². The summed E-state index contributed by atoms with van der Waals surface area (Å²) in [5.41, 5.74) is 0.209. The summed E-state index contributed by atoms with van der Waals surface area (Å²) >= 11 is 0. The van der Waals surface area contributed by atoms with Crippen LogP contribution >= 0.6 is 0 Å². The lowest BCUT2D eigenvalue weighted by molar-refractivity contribution is -0.133. The van der Waals surface area contributed by atoms with Crippen LogP contribution < -0.4 is 10.6 Å². The first-order chi connectivity index (χ1) is 20.1. The Kier molecular flexibility index (Phi) is 21.9. The van der Waals surface area contributed by atoms with E-state index in [1.165, 1.54) is 6.07 Å². The van der Waals surface area contributed by atoms with Crippen LogP contribution in [0.25, 0.3) is 0 Å². The van der Waals surface area contributed by atoms with Crippen molar-refractivity contribution in [2.45, 2.75) is 77.7 Å². The van der Waals surface area contributed by atoms with Crippen LogP contribution in [0.3, 0.4) is 0 Å². The van der Waals surface area contributed by atoms with Gasteiger partial charge in [-0.05, 0) is 69.9 Å². The highest BCUT2D eigenvalue weighted by Crippen LogP contribution is 2.14. The molecule has 0 saturated heterocycles.